The molecular formula is C13H22N2OS. The van der Waals surface area contributed by atoms with E-state index in [0.29, 0.717) is 12.6 Å². The van der Waals surface area contributed by atoms with Crippen molar-refractivity contribution in [3.8, 4) is 5.75 Å². The normalized spacial score (nSPS) is 12.6. The van der Waals surface area contributed by atoms with Crippen LogP contribution in [0.15, 0.2) is 12.1 Å². The third kappa shape index (κ3) is 5.41. The Kier molecular flexibility index (Phi) is 6.37. The van der Waals surface area contributed by atoms with Gasteiger partial charge in [-0.05, 0) is 43.9 Å². The lowest BCUT2D eigenvalue weighted by atomic mass is 10.2. The summed E-state index contributed by atoms with van der Waals surface area (Å²) in [4.78, 5) is 4.32. The Labute approximate surface area is 108 Å². The highest BCUT2D eigenvalue weighted by Crippen LogP contribution is 2.14. The van der Waals surface area contributed by atoms with Crippen molar-refractivity contribution in [2.75, 3.05) is 11.5 Å². The smallest absolute Gasteiger partial charge is 0.138 e. The van der Waals surface area contributed by atoms with E-state index in [-0.39, 0.29) is 5.75 Å². The molecule has 1 heterocycles. The molecule has 0 amide bonds. The molecule has 0 spiro atoms. The molecule has 0 fully saturated rings. The summed E-state index contributed by atoms with van der Waals surface area (Å²) in [6, 6.07) is 3.98. The molecule has 3 nitrogen and oxygen atoms in total. The van der Waals surface area contributed by atoms with E-state index in [1.54, 1.807) is 6.07 Å². The van der Waals surface area contributed by atoms with Crippen LogP contribution >= 0.6 is 11.8 Å². The van der Waals surface area contributed by atoms with E-state index in [4.69, 9.17) is 0 Å². The molecule has 1 unspecified atom stereocenters. The maximum atomic E-state index is 9.66. The lowest BCUT2D eigenvalue weighted by Gasteiger charge is -2.13. The first kappa shape index (κ1) is 14.3. The Morgan fingerprint density at radius 1 is 1.47 bits per heavy atom. The Hall–Kier alpha value is -0.740. The minimum atomic E-state index is 0.276. The minimum absolute atomic E-state index is 0.276. The molecule has 0 aliphatic carbocycles. The monoisotopic (exact) mass is 254 g/mol. The standard InChI is InChI=1S/C13H22N2OS/c1-4-17-8-7-10(2)14-9-12-13(16)6-5-11(3)15-12/h5-6,10,14,16H,4,7-9H2,1-3H3. The van der Waals surface area contributed by atoms with Crippen LogP contribution in [0.25, 0.3) is 0 Å². The predicted octanol–water partition coefficient (Wildman–Crippen LogP) is 2.72. The van der Waals surface area contributed by atoms with Crippen molar-refractivity contribution in [1.82, 2.24) is 10.3 Å². The number of thioether (sulfide) groups is 1. The van der Waals surface area contributed by atoms with Gasteiger partial charge in [0.05, 0.1) is 5.69 Å². The number of aromatic nitrogens is 1. The zero-order valence-corrected chi connectivity index (χ0v) is 11.7. The zero-order chi connectivity index (χ0) is 12.7. The number of nitrogens with zero attached hydrogens (tertiary/aromatic N) is 1. The molecule has 0 saturated heterocycles. The van der Waals surface area contributed by atoms with E-state index in [1.807, 2.05) is 24.8 Å². The van der Waals surface area contributed by atoms with Gasteiger partial charge in [-0.15, -0.1) is 0 Å². The number of rotatable bonds is 7. The number of pyridine rings is 1. The Bertz CT molecular complexity index is 344. The second kappa shape index (κ2) is 7.56. The lowest BCUT2D eigenvalue weighted by Crippen LogP contribution is -2.26. The van der Waals surface area contributed by atoms with Crippen LogP contribution < -0.4 is 5.32 Å². The van der Waals surface area contributed by atoms with Crippen LogP contribution in [-0.4, -0.2) is 27.6 Å². The van der Waals surface area contributed by atoms with E-state index in [1.165, 1.54) is 11.5 Å². The Morgan fingerprint density at radius 2 is 2.24 bits per heavy atom. The molecule has 2 N–H and O–H groups in total. The largest absolute Gasteiger partial charge is 0.506 e. The van der Waals surface area contributed by atoms with Gasteiger partial charge in [0.1, 0.15) is 5.75 Å². The first-order valence-corrected chi connectivity index (χ1v) is 7.25. The van der Waals surface area contributed by atoms with Gasteiger partial charge in [-0.3, -0.25) is 4.98 Å². The number of hydrogen-bond donors (Lipinski definition) is 2. The van der Waals surface area contributed by atoms with Crippen LogP contribution in [0.1, 0.15) is 31.7 Å². The SMILES string of the molecule is CCSCCC(C)NCc1nc(C)ccc1O. The Balaban J connectivity index is 2.36. The van der Waals surface area contributed by atoms with E-state index < -0.39 is 0 Å². The van der Waals surface area contributed by atoms with Crippen molar-refractivity contribution in [1.29, 1.82) is 0 Å². The van der Waals surface area contributed by atoms with Crippen LogP contribution in [0.3, 0.4) is 0 Å². The van der Waals surface area contributed by atoms with Crippen LogP contribution in [0.2, 0.25) is 0 Å². The van der Waals surface area contributed by atoms with Crippen molar-refractivity contribution < 1.29 is 5.11 Å². The molecule has 0 aliphatic rings. The summed E-state index contributed by atoms with van der Waals surface area (Å²) in [6.45, 7) is 6.91. The fourth-order valence-corrected chi connectivity index (χ4v) is 2.32. The second-order valence-corrected chi connectivity index (χ2v) is 5.58. The topological polar surface area (TPSA) is 45.2 Å². The molecule has 1 aromatic rings. The van der Waals surface area contributed by atoms with Gasteiger partial charge in [0, 0.05) is 18.3 Å². The van der Waals surface area contributed by atoms with E-state index in [9.17, 15) is 5.11 Å². The molecule has 17 heavy (non-hydrogen) atoms. The van der Waals surface area contributed by atoms with Crippen LogP contribution in [0.5, 0.6) is 5.75 Å². The van der Waals surface area contributed by atoms with Gasteiger partial charge in [-0.1, -0.05) is 6.92 Å². The average Bonchev–Trinajstić information content (AvgIpc) is 2.31. The van der Waals surface area contributed by atoms with Crippen molar-refractivity contribution in [3.63, 3.8) is 0 Å². The van der Waals surface area contributed by atoms with Gasteiger partial charge in [0.15, 0.2) is 0 Å². The van der Waals surface area contributed by atoms with Gasteiger partial charge in [0.2, 0.25) is 0 Å². The molecule has 0 aliphatic heterocycles. The summed E-state index contributed by atoms with van der Waals surface area (Å²) in [5, 5.41) is 13.0. The third-order valence-electron chi connectivity index (χ3n) is 2.61. The highest BCUT2D eigenvalue weighted by Gasteiger charge is 2.06. The highest BCUT2D eigenvalue weighted by atomic mass is 32.2. The summed E-state index contributed by atoms with van der Waals surface area (Å²) in [7, 11) is 0. The van der Waals surface area contributed by atoms with Crippen LogP contribution in [0.4, 0.5) is 0 Å². The molecular weight excluding hydrogens is 232 g/mol. The van der Waals surface area contributed by atoms with Crippen molar-refractivity contribution >= 4 is 11.8 Å². The first-order chi connectivity index (χ1) is 8.13. The fraction of sp³-hybridized carbons (Fsp3) is 0.615. The summed E-state index contributed by atoms with van der Waals surface area (Å²) < 4.78 is 0. The molecule has 1 atom stereocenters. The second-order valence-electron chi connectivity index (χ2n) is 4.19. The maximum absolute atomic E-state index is 9.66. The maximum Gasteiger partial charge on any atom is 0.138 e. The van der Waals surface area contributed by atoms with Crippen LogP contribution in [0, 0.1) is 6.92 Å². The average molecular weight is 254 g/mol. The van der Waals surface area contributed by atoms with Gasteiger partial charge in [-0.25, -0.2) is 0 Å². The molecule has 0 radical (unpaired) electrons. The van der Waals surface area contributed by atoms with E-state index in [0.717, 1.165) is 17.8 Å². The molecule has 0 saturated carbocycles. The minimum Gasteiger partial charge on any atom is -0.506 e. The highest BCUT2D eigenvalue weighted by molar-refractivity contribution is 7.99. The van der Waals surface area contributed by atoms with Crippen molar-refractivity contribution in [2.45, 2.75) is 39.8 Å². The van der Waals surface area contributed by atoms with Gasteiger partial charge >= 0.3 is 0 Å². The van der Waals surface area contributed by atoms with Gasteiger partial charge < -0.3 is 10.4 Å². The summed E-state index contributed by atoms with van der Waals surface area (Å²) in [5.41, 5.74) is 1.67. The van der Waals surface area contributed by atoms with E-state index >= 15 is 0 Å². The Morgan fingerprint density at radius 3 is 2.94 bits per heavy atom. The molecule has 0 bridgehead atoms. The fourth-order valence-electron chi connectivity index (χ4n) is 1.51. The first-order valence-electron chi connectivity index (χ1n) is 6.10. The van der Waals surface area contributed by atoms with Crippen molar-refractivity contribution in [3.05, 3.63) is 23.5 Å². The summed E-state index contributed by atoms with van der Waals surface area (Å²) >= 11 is 1.96. The van der Waals surface area contributed by atoms with Crippen molar-refractivity contribution in [2.24, 2.45) is 0 Å². The van der Waals surface area contributed by atoms with Gasteiger partial charge in [-0.2, -0.15) is 11.8 Å². The zero-order valence-electron chi connectivity index (χ0n) is 10.9. The van der Waals surface area contributed by atoms with Gasteiger partial charge in [0.25, 0.3) is 0 Å². The quantitative estimate of drug-likeness (QED) is 0.734. The molecule has 4 heteroatoms. The summed E-state index contributed by atoms with van der Waals surface area (Å²) in [5.74, 6) is 2.63. The lowest BCUT2D eigenvalue weighted by molar-refractivity contribution is 0.451. The third-order valence-corrected chi connectivity index (χ3v) is 3.54. The molecule has 0 aromatic carbocycles. The number of nitrogens with one attached hydrogen (secondary N) is 1. The number of aryl methyl sites for hydroxylation is 1. The summed E-state index contributed by atoms with van der Waals surface area (Å²) in [6.07, 6.45) is 1.14. The number of hydrogen-bond acceptors (Lipinski definition) is 4. The molecule has 1 aromatic heterocycles. The van der Waals surface area contributed by atoms with E-state index in [2.05, 4.69) is 24.1 Å². The predicted molar refractivity (Wildman–Crippen MR) is 74.6 cm³/mol. The van der Waals surface area contributed by atoms with Crippen LogP contribution in [-0.2, 0) is 6.54 Å². The number of aromatic hydroxyl groups is 1. The molecule has 1 rings (SSSR count). The molecule has 96 valence electrons.